The third kappa shape index (κ3) is 4.00. The standard InChI is InChI=1S/C44H26BNO3S/c1-2-11-27(12-3-1)42-31-23-24-50-41(31)22-21-34(42)46(35-17-10-14-30-29-13-4-7-18-36(29)49-44(30)35)28-25-39-43-40(26-28)48-38-20-9-6-16-33(38)45(43)32-15-5-8-19-37(32)47-39/h1-26H. The van der Waals surface area contributed by atoms with E-state index < -0.39 is 0 Å². The van der Waals surface area contributed by atoms with Gasteiger partial charge in [0.2, 0.25) is 0 Å². The fourth-order valence-electron chi connectivity index (χ4n) is 7.95. The van der Waals surface area contributed by atoms with Crippen LogP contribution in [0.1, 0.15) is 0 Å². The van der Waals surface area contributed by atoms with Crippen molar-refractivity contribution >= 4 is 83.5 Å². The number of nitrogens with zero attached hydrogens (tertiary/aromatic N) is 1. The minimum absolute atomic E-state index is 0.00163. The Kier molecular flexibility index (Phi) is 5.89. The number of fused-ring (bicyclic) bond motifs is 8. The summed E-state index contributed by atoms with van der Waals surface area (Å²) in [6.07, 6.45) is 0. The Morgan fingerprint density at radius 2 is 1.20 bits per heavy atom. The Morgan fingerprint density at radius 1 is 0.520 bits per heavy atom. The second-order valence-corrected chi connectivity index (χ2v) is 13.8. The molecule has 0 spiro atoms. The summed E-state index contributed by atoms with van der Waals surface area (Å²) in [5.41, 5.74) is 10.2. The Morgan fingerprint density at radius 3 is 1.98 bits per heavy atom. The van der Waals surface area contributed by atoms with Gasteiger partial charge in [0, 0.05) is 44.0 Å². The Hall–Kier alpha value is -6.24. The molecule has 2 aromatic heterocycles. The van der Waals surface area contributed by atoms with Crippen LogP contribution in [0.4, 0.5) is 17.1 Å². The van der Waals surface area contributed by atoms with E-state index in [0.717, 1.165) is 89.5 Å². The molecule has 0 N–H and O–H groups in total. The van der Waals surface area contributed by atoms with Crippen molar-refractivity contribution in [3.05, 3.63) is 157 Å². The maximum Gasteiger partial charge on any atom is 0.260 e. The smallest absolute Gasteiger partial charge is 0.260 e. The Labute approximate surface area is 292 Å². The molecule has 0 aliphatic carbocycles. The third-order valence-electron chi connectivity index (χ3n) is 10.1. The molecule has 2 aliphatic rings. The van der Waals surface area contributed by atoms with Gasteiger partial charge in [0.15, 0.2) is 5.58 Å². The average Bonchev–Trinajstić information content (AvgIpc) is 3.80. The molecule has 4 heterocycles. The topological polar surface area (TPSA) is 34.8 Å². The first-order chi connectivity index (χ1) is 24.8. The summed E-state index contributed by atoms with van der Waals surface area (Å²) in [7, 11) is 0. The monoisotopic (exact) mass is 659 g/mol. The van der Waals surface area contributed by atoms with Gasteiger partial charge in [-0.25, -0.2) is 0 Å². The number of ether oxygens (including phenoxy) is 2. The van der Waals surface area contributed by atoms with Crippen molar-refractivity contribution in [1.82, 2.24) is 0 Å². The van der Waals surface area contributed by atoms with E-state index in [4.69, 9.17) is 13.9 Å². The number of hydrogen-bond acceptors (Lipinski definition) is 5. The maximum absolute atomic E-state index is 6.78. The van der Waals surface area contributed by atoms with Gasteiger partial charge in [0.25, 0.3) is 6.71 Å². The van der Waals surface area contributed by atoms with Crippen molar-refractivity contribution in [1.29, 1.82) is 0 Å². The number of rotatable bonds is 4. The summed E-state index contributed by atoms with van der Waals surface area (Å²) in [5.74, 6) is 3.30. The summed E-state index contributed by atoms with van der Waals surface area (Å²) in [6, 6.07) is 53.1. The van der Waals surface area contributed by atoms with E-state index >= 15 is 0 Å². The van der Waals surface area contributed by atoms with Gasteiger partial charge in [-0.2, -0.15) is 0 Å². The highest BCUT2D eigenvalue weighted by molar-refractivity contribution is 7.17. The van der Waals surface area contributed by atoms with E-state index in [1.54, 1.807) is 11.3 Å². The van der Waals surface area contributed by atoms with Crippen molar-refractivity contribution in [2.24, 2.45) is 0 Å². The lowest BCUT2D eigenvalue weighted by Gasteiger charge is -2.35. The molecule has 0 saturated heterocycles. The molecular formula is C44H26BNO3S. The lowest BCUT2D eigenvalue weighted by molar-refractivity contribution is 0.465. The number of anilines is 3. The highest BCUT2D eigenvalue weighted by Gasteiger charge is 2.40. The number of thiophene rings is 1. The van der Waals surface area contributed by atoms with E-state index in [1.807, 2.05) is 24.3 Å². The summed E-state index contributed by atoms with van der Waals surface area (Å²) in [6.45, 7) is -0.00163. The molecule has 9 aromatic rings. The van der Waals surface area contributed by atoms with E-state index in [-0.39, 0.29) is 6.71 Å². The van der Waals surface area contributed by atoms with Gasteiger partial charge in [-0.15, -0.1) is 11.3 Å². The van der Waals surface area contributed by atoms with Crippen molar-refractivity contribution in [3.63, 3.8) is 0 Å². The lowest BCUT2D eigenvalue weighted by atomic mass is 9.35. The van der Waals surface area contributed by atoms with Crippen LogP contribution < -0.4 is 30.8 Å². The highest BCUT2D eigenvalue weighted by atomic mass is 32.1. The van der Waals surface area contributed by atoms with Gasteiger partial charge in [0.1, 0.15) is 28.6 Å². The van der Waals surface area contributed by atoms with Crippen LogP contribution in [-0.4, -0.2) is 6.71 Å². The first-order valence-electron chi connectivity index (χ1n) is 16.8. The molecular weight excluding hydrogens is 633 g/mol. The Bertz CT molecular complexity index is 2730. The lowest BCUT2D eigenvalue weighted by Crippen LogP contribution is -2.57. The average molecular weight is 660 g/mol. The minimum Gasteiger partial charge on any atom is -0.458 e. The van der Waals surface area contributed by atoms with E-state index in [2.05, 4.69) is 138 Å². The van der Waals surface area contributed by atoms with E-state index in [9.17, 15) is 0 Å². The van der Waals surface area contributed by atoms with Crippen LogP contribution in [0.5, 0.6) is 23.0 Å². The second-order valence-electron chi connectivity index (χ2n) is 12.8. The zero-order valence-corrected chi connectivity index (χ0v) is 27.5. The minimum atomic E-state index is -0.00163. The first kappa shape index (κ1) is 27.7. The molecule has 7 aromatic carbocycles. The predicted molar refractivity (Wildman–Crippen MR) is 207 cm³/mol. The molecule has 0 saturated carbocycles. The molecule has 0 fully saturated rings. The van der Waals surface area contributed by atoms with E-state index in [0.29, 0.717) is 0 Å². The van der Waals surface area contributed by atoms with Crippen molar-refractivity contribution < 1.29 is 13.9 Å². The number of para-hydroxylation sites is 4. The number of benzene rings is 7. The molecule has 4 nitrogen and oxygen atoms in total. The quantitative estimate of drug-likeness (QED) is 0.176. The van der Waals surface area contributed by atoms with Gasteiger partial charge in [0.05, 0.1) is 17.1 Å². The van der Waals surface area contributed by atoms with Crippen molar-refractivity contribution in [3.8, 4) is 34.1 Å². The Balaban J connectivity index is 1.23. The highest BCUT2D eigenvalue weighted by Crippen LogP contribution is 2.50. The number of furan rings is 1. The zero-order chi connectivity index (χ0) is 32.8. The molecule has 0 radical (unpaired) electrons. The van der Waals surface area contributed by atoms with E-state index in [1.165, 1.54) is 10.1 Å². The molecule has 11 rings (SSSR count). The van der Waals surface area contributed by atoms with Crippen LogP contribution in [0.2, 0.25) is 0 Å². The third-order valence-corrected chi connectivity index (χ3v) is 11.0. The van der Waals surface area contributed by atoms with Crippen LogP contribution in [0.15, 0.2) is 161 Å². The van der Waals surface area contributed by atoms with Crippen LogP contribution in [-0.2, 0) is 0 Å². The first-order valence-corrected chi connectivity index (χ1v) is 17.7. The normalized spacial score (nSPS) is 12.7. The molecule has 6 heteroatoms. The van der Waals surface area contributed by atoms with Gasteiger partial charge < -0.3 is 18.8 Å². The molecule has 0 unspecified atom stereocenters. The van der Waals surface area contributed by atoms with Gasteiger partial charge in [-0.3, -0.25) is 0 Å². The van der Waals surface area contributed by atoms with Crippen LogP contribution in [0.25, 0.3) is 43.2 Å². The van der Waals surface area contributed by atoms with Crippen molar-refractivity contribution in [2.75, 3.05) is 4.90 Å². The van der Waals surface area contributed by atoms with Gasteiger partial charge in [-0.05, 0) is 64.3 Å². The summed E-state index contributed by atoms with van der Waals surface area (Å²) < 4.78 is 21.5. The van der Waals surface area contributed by atoms with Gasteiger partial charge >= 0.3 is 0 Å². The molecule has 0 bridgehead atoms. The molecule has 234 valence electrons. The van der Waals surface area contributed by atoms with Crippen LogP contribution in [0.3, 0.4) is 0 Å². The maximum atomic E-state index is 6.78. The second kappa shape index (κ2) is 10.6. The summed E-state index contributed by atoms with van der Waals surface area (Å²) >= 11 is 1.76. The molecule has 0 amide bonds. The predicted octanol–water partition coefficient (Wildman–Crippen LogP) is 10.7. The summed E-state index contributed by atoms with van der Waals surface area (Å²) in [5, 5.41) is 5.53. The largest absolute Gasteiger partial charge is 0.458 e. The zero-order valence-electron chi connectivity index (χ0n) is 26.7. The van der Waals surface area contributed by atoms with Crippen LogP contribution in [0, 0.1) is 0 Å². The molecule has 2 aliphatic heterocycles. The van der Waals surface area contributed by atoms with Crippen molar-refractivity contribution in [2.45, 2.75) is 0 Å². The fourth-order valence-corrected chi connectivity index (χ4v) is 8.75. The van der Waals surface area contributed by atoms with Crippen LogP contribution >= 0.6 is 11.3 Å². The molecule has 0 atom stereocenters. The molecule has 50 heavy (non-hydrogen) atoms. The number of hydrogen-bond donors (Lipinski definition) is 0. The fraction of sp³-hybridized carbons (Fsp3) is 0. The summed E-state index contributed by atoms with van der Waals surface area (Å²) in [4.78, 5) is 2.32. The van der Waals surface area contributed by atoms with Gasteiger partial charge in [-0.1, -0.05) is 97.1 Å². The SMILES string of the molecule is c1ccc(-c2c(N(c3cc4c5c(c3)Oc3ccccc3B5c3ccccc3O4)c3cccc4c3oc3ccccc34)ccc3sccc23)cc1.